The number of nitrogens with zero attached hydrogens (tertiary/aromatic N) is 4. The van der Waals surface area contributed by atoms with Gasteiger partial charge in [0.25, 0.3) is 0 Å². The van der Waals surface area contributed by atoms with Crippen LogP contribution in [-0.4, -0.2) is 34.4 Å². The molecule has 5 nitrogen and oxygen atoms in total. The lowest BCUT2D eigenvalue weighted by Crippen LogP contribution is -2.37. The fourth-order valence-electron chi connectivity index (χ4n) is 1.89. The lowest BCUT2D eigenvalue weighted by molar-refractivity contribution is 0.527. The van der Waals surface area contributed by atoms with Crippen LogP contribution in [0.1, 0.15) is 20.3 Å². The standard InChI is InChI=1S/C9H17N5/c1-7(2)13-5-4-6-14-8(10-3)11-12-9(13)14/h7H,4-6H2,1-3H3,(H,10,11). The summed E-state index contributed by atoms with van der Waals surface area (Å²) in [5, 5.41) is 11.4. The maximum Gasteiger partial charge on any atom is 0.228 e. The lowest BCUT2D eigenvalue weighted by atomic mass is 10.2. The van der Waals surface area contributed by atoms with Crippen LogP contribution in [-0.2, 0) is 6.54 Å². The molecule has 0 unspecified atom stereocenters. The maximum atomic E-state index is 4.21. The number of fused-ring (bicyclic) bond motifs is 1. The second-order valence-electron chi connectivity index (χ2n) is 3.87. The maximum absolute atomic E-state index is 4.21. The van der Waals surface area contributed by atoms with Gasteiger partial charge in [-0.05, 0) is 20.3 Å². The minimum absolute atomic E-state index is 0.489. The van der Waals surface area contributed by atoms with E-state index in [1.807, 2.05) is 7.05 Å². The Morgan fingerprint density at radius 2 is 2.07 bits per heavy atom. The van der Waals surface area contributed by atoms with E-state index in [0.717, 1.165) is 31.4 Å². The zero-order chi connectivity index (χ0) is 10.1. The first-order valence-electron chi connectivity index (χ1n) is 5.11. The number of hydrogen-bond donors (Lipinski definition) is 1. The van der Waals surface area contributed by atoms with Gasteiger partial charge in [0.05, 0.1) is 0 Å². The summed E-state index contributed by atoms with van der Waals surface area (Å²) in [5.74, 6) is 1.86. The van der Waals surface area contributed by atoms with Crippen LogP contribution in [0.15, 0.2) is 0 Å². The summed E-state index contributed by atoms with van der Waals surface area (Å²) < 4.78 is 2.14. The molecule has 0 bridgehead atoms. The number of anilines is 2. The summed E-state index contributed by atoms with van der Waals surface area (Å²) in [7, 11) is 1.88. The molecule has 1 N–H and O–H groups in total. The van der Waals surface area contributed by atoms with Crippen molar-refractivity contribution in [2.24, 2.45) is 0 Å². The molecule has 0 fully saturated rings. The first kappa shape index (κ1) is 9.30. The largest absolute Gasteiger partial charge is 0.357 e. The average molecular weight is 195 g/mol. The molecule has 78 valence electrons. The molecule has 14 heavy (non-hydrogen) atoms. The topological polar surface area (TPSA) is 46.0 Å². The Labute approximate surface area is 84.1 Å². The van der Waals surface area contributed by atoms with Crippen LogP contribution in [0.4, 0.5) is 11.9 Å². The van der Waals surface area contributed by atoms with Gasteiger partial charge in [0.2, 0.25) is 11.9 Å². The molecule has 2 heterocycles. The molecule has 0 atom stereocenters. The van der Waals surface area contributed by atoms with Gasteiger partial charge < -0.3 is 10.2 Å². The minimum atomic E-state index is 0.489. The molecule has 2 rings (SSSR count). The van der Waals surface area contributed by atoms with Crippen LogP contribution < -0.4 is 10.2 Å². The SMILES string of the molecule is CNc1nnc2n1CCCN2C(C)C. The van der Waals surface area contributed by atoms with Gasteiger partial charge in [-0.2, -0.15) is 0 Å². The van der Waals surface area contributed by atoms with Crippen molar-refractivity contribution in [2.75, 3.05) is 23.8 Å². The van der Waals surface area contributed by atoms with Gasteiger partial charge in [0.1, 0.15) is 0 Å². The Hall–Kier alpha value is -1.26. The average Bonchev–Trinajstić information content (AvgIpc) is 2.59. The van der Waals surface area contributed by atoms with Gasteiger partial charge in [0, 0.05) is 26.2 Å². The van der Waals surface area contributed by atoms with Crippen LogP contribution in [0.2, 0.25) is 0 Å². The Kier molecular flexibility index (Phi) is 2.31. The van der Waals surface area contributed by atoms with Crippen molar-refractivity contribution in [2.45, 2.75) is 32.9 Å². The summed E-state index contributed by atoms with van der Waals surface area (Å²) >= 11 is 0. The molecular formula is C9H17N5. The summed E-state index contributed by atoms with van der Waals surface area (Å²) in [6, 6.07) is 0.489. The van der Waals surface area contributed by atoms with Gasteiger partial charge in [-0.1, -0.05) is 0 Å². The van der Waals surface area contributed by atoms with E-state index < -0.39 is 0 Å². The van der Waals surface area contributed by atoms with E-state index in [2.05, 4.69) is 38.8 Å². The van der Waals surface area contributed by atoms with Crippen molar-refractivity contribution in [3.63, 3.8) is 0 Å². The van der Waals surface area contributed by atoms with Crippen LogP contribution in [0.3, 0.4) is 0 Å². The van der Waals surface area contributed by atoms with Gasteiger partial charge in [0.15, 0.2) is 0 Å². The summed E-state index contributed by atoms with van der Waals surface area (Å²) in [6.45, 7) is 6.47. The first-order valence-corrected chi connectivity index (χ1v) is 5.11. The third kappa shape index (κ3) is 1.32. The molecule has 1 aliphatic heterocycles. The van der Waals surface area contributed by atoms with Crippen LogP contribution >= 0.6 is 0 Å². The molecule has 1 aromatic rings. The summed E-state index contributed by atoms with van der Waals surface area (Å²) in [4.78, 5) is 2.29. The van der Waals surface area contributed by atoms with Crippen LogP contribution in [0, 0.1) is 0 Å². The second-order valence-corrected chi connectivity index (χ2v) is 3.87. The Balaban J connectivity index is 2.36. The molecule has 1 aromatic heterocycles. The van der Waals surface area contributed by atoms with Crippen molar-refractivity contribution in [3.05, 3.63) is 0 Å². The van der Waals surface area contributed by atoms with Gasteiger partial charge in [-0.3, -0.25) is 4.57 Å². The van der Waals surface area contributed by atoms with E-state index in [1.54, 1.807) is 0 Å². The van der Waals surface area contributed by atoms with E-state index in [4.69, 9.17) is 0 Å². The quantitative estimate of drug-likeness (QED) is 0.763. The number of nitrogens with one attached hydrogen (secondary N) is 1. The Bertz CT molecular complexity index is 317. The fourth-order valence-corrected chi connectivity index (χ4v) is 1.89. The smallest absolute Gasteiger partial charge is 0.228 e. The molecule has 0 saturated carbocycles. The molecule has 5 heteroatoms. The molecule has 0 radical (unpaired) electrons. The zero-order valence-corrected chi connectivity index (χ0v) is 8.99. The van der Waals surface area contributed by atoms with E-state index in [0.29, 0.717) is 6.04 Å². The minimum Gasteiger partial charge on any atom is -0.357 e. The number of hydrogen-bond acceptors (Lipinski definition) is 4. The highest BCUT2D eigenvalue weighted by Crippen LogP contribution is 2.23. The normalized spacial score (nSPS) is 15.9. The molecule has 1 aliphatic rings. The predicted molar refractivity (Wildman–Crippen MR) is 56.7 cm³/mol. The molecule has 0 aliphatic carbocycles. The molecule has 0 spiro atoms. The highest BCUT2D eigenvalue weighted by Gasteiger charge is 2.23. The number of aromatic nitrogens is 3. The first-order chi connectivity index (χ1) is 6.74. The van der Waals surface area contributed by atoms with Crippen molar-refractivity contribution < 1.29 is 0 Å². The Morgan fingerprint density at radius 3 is 2.71 bits per heavy atom. The van der Waals surface area contributed by atoms with E-state index in [9.17, 15) is 0 Å². The van der Waals surface area contributed by atoms with E-state index in [1.165, 1.54) is 0 Å². The van der Waals surface area contributed by atoms with Gasteiger partial charge >= 0.3 is 0 Å². The monoisotopic (exact) mass is 195 g/mol. The lowest BCUT2D eigenvalue weighted by Gasteiger charge is -2.31. The van der Waals surface area contributed by atoms with Crippen molar-refractivity contribution in [1.29, 1.82) is 0 Å². The van der Waals surface area contributed by atoms with Crippen molar-refractivity contribution >= 4 is 11.9 Å². The second kappa shape index (κ2) is 3.48. The van der Waals surface area contributed by atoms with Crippen molar-refractivity contribution in [1.82, 2.24) is 14.8 Å². The van der Waals surface area contributed by atoms with Gasteiger partial charge in [-0.25, -0.2) is 0 Å². The van der Waals surface area contributed by atoms with Crippen molar-refractivity contribution in [3.8, 4) is 0 Å². The highest BCUT2D eigenvalue weighted by molar-refractivity contribution is 5.41. The number of rotatable bonds is 2. The molecule has 0 amide bonds. The zero-order valence-electron chi connectivity index (χ0n) is 8.99. The Morgan fingerprint density at radius 1 is 1.29 bits per heavy atom. The van der Waals surface area contributed by atoms with E-state index >= 15 is 0 Å². The predicted octanol–water partition coefficient (Wildman–Crippen LogP) is 0.938. The van der Waals surface area contributed by atoms with Crippen LogP contribution in [0.5, 0.6) is 0 Å². The third-order valence-corrected chi connectivity index (χ3v) is 2.62. The summed E-state index contributed by atoms with van der Waals surface area (Å²) in [5.41, 5.74) is 0. The third-order valence-electron chi connectivity index (χ3n) is 2.62. The van der Waals surface area contributed by atoms with E-state index in [-0.39, 0.29) is 0 Å². The van der Waals surface area contributed by atoms with Crippen LogP contribution in [0.25, 0.3) is 0 Å². The fraction of sp³-hybridized carbons (Fsp3) is 0.778. The molecular weight excluding hydrogens is 178 g/mol. The molecule has 0 aromatic carbocycles. The highest BCUT2D eigenvalue weighted by atomic mass is 15.5. The summed E-state index contributed by atoms with van der Waals surface area (Å²) in [6.07, 6.45) is 1.16. The molecule has 0 saturated heterocycles. The van der Waals surface area contributed by atoms with Gasteiger partial charge in [-0.15, -0.1) is 10.2 Å².